The molecular weight excluding hydrogens is 272 g/mol. The SMILES string of the molecule is COCCN1CCC[C@@H](Nc2nccc(C)c2[N+](=O)[O-])C1. The van der Waals surface area contributed by atoms with Crippen LogP contribution in [0.2, 0.25) is 0 Å². The Kier molecular flexibility index (Phi) is 5.46. The zero-order chi connectivity index (χ0) is 15.2. The number of aromatic nitrogens is 1. The van der Waals surface area contributed by atoms with E-state index in [9.17, 15) is 10.1 Å². The fourth-order valence-electron chi connectivity index (χ4n) is 2.68. The Morgan fingerprint density at radius 1 is 1.62 bits per heavy atom. The minimum atomic E-state index is -0.365. The first-order valence-electron chi connectivity index (χ1n) is 7.19. The van der Waals surface area contributed by atoms with Crippen molar-refractivity contribution in [2.24, 2.45) is 0 Å². The molecule has 1 N–H and O–H groups in total. The molecule has 0 bridgehead atoms. The Hall–Kier alpha value is -1.73. The highest BCUT2D eigenvalue weighted by Gasteiger charge is 2.24. The predicted octanol–water partition coefficient (Wildman–Crippen LogP) is 1.82. The van der Waals surface area contributed by atoms with Crippen LogP contribution < -0.4 is 5.32 Å². The minimum absolute atomic E-state index is 0.0755. The second-order valence-electron chi connectivity index (χ2n) is 5.36. The summed E-state index contributed by atoms with van der Waals surface area (Å²) in [5.41, 5.74) is 0.705. The molecule has 2 rings (SSSR count). The molecule has 2 heterocycles. The number of likely N-dealkylation sites (tertiary alicyclic amines) is 1. The van der Waals surface area contributed by atoms with Crippen molar-refractivity contribution in [1.29, 1.82) is 0 Å². The van der Waals surface area contributed by atoms with Gasteiger partial charge in [-0.25, -0.2) is 4.98 Å². The Balaban J connectivity index is 2.04. The number of hydrogen-bond acceptors (Lipinski definition) is 6. The lowest BCUT2D eigenvalue weighted by atomic mass is 10.1. The Morgan fingerprint density at radius 2 is 2.43 bits per heavy atom. The normalized spacial score (nSPS) is 19.4. The lowest BCUT2D eigenvalue weighted by molar-refractivity contribution is -0.384. The third-order valence-corrected chi connectivity index (χ3v) is 3.77. The fourth-order valence-corrected chi connectivity index (χ4v) is 2.68. The molecule has 1 aliphatic heterocycles. The van der Waals surface area contributed by atoms with Crippen molar-refractivity contribution in [1.82, 2.24) is 9.88 Å². The Morgan fingerprint density at radius 3 is 3.14 bits per heavy atom. The van der Waals surface area contributed by atoms with E-state index >= 15 is 0 Å². The van der Waals surface area contributed by atoms with Gasteiger partial charge in [0.1, 0.15) is 0 Å². The van der Waals surface area contributed by atoms with Gasteiger partial charge in [-0.15, -0.1) is 0 Å². The van der Waals surface area contributed by atoms with E-state index in [0.29, 0.717) is 18.0 Å². The summed E-state index contributed by atoms with van der Waals surface area (Å²) >= 11 is 0. The first-order valence-corrected chi connectivity index (χ1v) is 7.19. The van der Waals surface area contributed by atoms with Crippen molar-refractivity contribution in [3.05, 3.63) is 27.9 Å². The smallest absolute Gasteiger partial charge is 0.314 e. The van der Waals surface area contributed by atoms with Crippen LogP contribution in [-0.2, 0) is 4.74 Å². The lowest BCUT2D eigenvalue weighted by Crippen LogP contribution is -2.43. The van der Waals surface area contributed by atoms with Crippen LogP contribution >= 0.6 is 0 Å². The van der Waals surface area contributed by atoms with Crippen LogP contribution in [0.5, 0.6) is 0 Å². The topological polar surface area (TPSA) is 80.5 Å². The second kappa shape index (κ2) is 7.33. The number of nitrogens with one attached hydrogen (secondary N) is 1. The fraction of sp³-hybridized carbons (Fsp3) is 0.643. The molecule has 0 aromatic carbocycles. The van der Waals surface area contributed by atoms with Crippen LogP contribution in [-0.4, -0.2) is 54.2 Å². The van der Waals surface area contributed by atoms with E-state index in [0.717, 1.165) is 32.5 Å². The molecule has 1 aromatic rings. The molecule has 116 valence electrons. The number of aryl methyl sites for hydroxylation is 1. The minimum Gasteiger partial charge on any atom is -0.383 e. The maximum Gasteiger partial charge on any atom is 0.314 e. The Bertz CT molecular complexity index is 495. The highest BCUT2D eigenvalue weighted by atomic mass is 16.6. The molecule has 1 aliphatic rings. The number of methoxy groups -OCH3 is 1. The molecule has 7 nitrogen and oxygen atoms in total. The average molecular weight is 294 g/mol. The van der Waals surface area contributed by atoms with Crippen molar-refractivity contribution in [2.45, 2.75) is 25.8 Å². The third-order valence-electron chi connectivity index (χ3n) is 3.77. The van der Waals surface area contributed by atoms with Crippen LogP contribution in [0.25, 0.3) is 0 Å². The maximum absolute atomic E-state index is 11.2. The van der Waals surface area contributed by atoms with Crippen LogP contribution in [0.4, 0.5) is 11.5 Å². The quantitative estimate of drug-likeness (QED) is 0.637. The molecule has 0 aliphatic carbocycles. The molecule has 1 aromatic heterocycles. The van der Waals surface area contributed by atoms with Crippen LogP contribution in [0.1, 0.15) is 18.4 Å². The molecule has 1 saturated heterocycles. The summed E-state index contributed by atoms with van der Waals surface area (Å²) in [4.78, 5) is 17.3. The molecule has 0 amide bonds. The number of ether oxygens (including phenoxy) is 1. The zero-order valence-electron chi connectivity index (χ0n) is 12.5. The van der Waals surface area contributed by atoms with Gasteiger partial charge in [0.05, 0.1) is 11.5 Å². The maximum atomic E-state index is 11.2. The van der Waals surface area contributed by atoms with Crippen LogP contribution in [0.3, 0.4) is 0 Å². The number of piperidine rings is 1. The van der Waals surface area contributed by atoms with Gasteiger partial charge in [-0.1, -0.05) is 0 Å². The first kappa shape index (κ1) is 15.7. The summed E-state index contributed by atoms with van der Waals surface area (Å²) < 4.78 is 5.10. The molecule has 1 atom stereocenters. The van der Waals surface area contributed by atoms with Crippen molar-refractivity contribution in [2.75, 3.05) is 38.7 Å². The molecule has 7 heteroatoms. The van der Waals surface area contributed by atoms with Crippen molar-refractivity contribution < 1.29 is 9.66 Å². The number of rotatable bonds is 6. The molecule has 0 radical (unpaired) electrons. The van der Waals surface area contributed by atoms with Gasteiger partial charge in [-0.3, -0.25) is 15.0 Å². The number of pyridine rings is 1. The van der Waals surface area contributed by atoms with Gasteiger partial charge in [-0.2, -0.15) is 0 Å². The molecule has 0 saturated carbocycles. The number of nitrogens with zero attached hydrogens (tertiary/aromatic N) is 3. The van der Waals surface area contributed by atoms with Gasteiger partial charge < -0.3 is 10.1 Å². The van der Waals surface area contributed by atoms with Gasteiger partial charge in [0.2, 0.25) is 5.82 Å². The van der Waals surface area contributed by atoms with E-state index in [4.69, 9.17) is 4.74 Å². The van der Waals surface area contributed by atoms with Crippen molar-refractivity contribution in [3.8, 4) is 0 Å². The van der Waals surface area contributed by atoms with E-state index in [2.05, 4.69) is 15.2 Å². The molecule has 1 fully saturated rings. The summed E-state index contributed by atoms with van der Waals surface area (Å²) in [6, 6.07) is 1.85. The van der Waals surface area contributed by atoms with Crippen molar-refractivity contribution in [3.63, 3.8) is 0 Å². The third kappa shape index (κ3) is 4.12. The predicted molar refractivity (Wildman–Crippen MR) is 80.6 cm³/mol. The summed E-state index contributed by atoms with van der Waals surface area (Å²) in [7, 11) is 1.69. The van der Waals surface area contributed by atoms with E-state index in [1.807, 2.05) is 0 Å². The standard InChI is InChI=1S/C14H22N4O3/c1-11-5-6-15-14(13(11)18(19)20)16-12-4-3-7-17(10-12)8-9-21-2/h5-6,12H,3-4,7-10H2,1-2H3,(H,15,16)/t12-/m1/s1. The molecule has 21 heavy (non-hydrogen) atoms. The number of hydrogen-bond donors (Lipinski definition) is 1. The van der Waals surface area contributed by atoms with Gasteiger partial charge in [-0.05, 0) is 32.4 Å². The Labute approximate surface area is 124 Å². The van der Waals surface area contributed by atoms with Crippen LogP contribution in [0, 0.1) is 17.0 Å². The monoisotopic (exact) mass is 294 g/mol. The highest BCUT2D eigenvalue weighted by molar-refractivity contribution is 5.60. The van der Waals surface area contributed by atoms with E-state index < -0.39 is 0 Å². The van der Waals surface area contributed by atoms with E-state index in [1.54, 1.807) is 26.3 Å². The molecular formula is C14H22N4O3. The van der Waals surface area contributed by atoms with Gasteiger partial charge in [0.25, 0.3) is 0 Å². The summed E-state index contributed by atoms with van der Waals surface area (Å²) in [6.45, 7) is 5.23. The lowest BCUT2D eigenvalue weighted by Gasteiger charge is -2.33. The largest absolute Gasteiger partial charge is 0.383 e. The zero-order valence-corrected chi connectivity index (χ0v) is 12.5. The van der Waals surface area contributed by atoms with E-state index in [1.165, 1.54) is 0 Å². The second-order valence-corrected chi connectivity index (χ2v) is 5.36. The molecule has 0 unspecified atom stereocenters. The van der Waals surface area contributed by atoms with Crippen molar-refractivity contribution >= 4 is 11.5 Å². The van der Waals surface area contributed by atoms with Crippen LogP contribution in [0.15, 0.2) is 12.3 Å². The summed E-state index contributed by atoms with van der Waals surface area (Å²) in [5.74, 6) is 0.374. The average Bonchev–Trinajstić information content (AvgIpc) is 2.45. The first-order chi connectivity index (χ1) is 10.1. The van der Waals surface area contributed by atoms with Gasteiger partial charge in [0, 0.05) is 38.0 Å². The number of nitro groups is 1. The highest BCUT2D eigenvalue weighted by Crippen LogP contribution is 2.27. The summed E-state index contributed by atoms with van der Waals surface area (Å²) in [5, 5.41) is 14.4. The van der Waals surface area contributed by atoms with Gasteiger partial charge >= 0.3 is 5.69 Å². The van der Waals surface area contributed by atoms with E-state index in [-0.39, 0.29) is 16.7 Å². The van der Waals surface area contributed by atoms with Gasteiger partial charge in [0.15, 0.2) is 0 Å². The number of anilines is 1. The summed E-state index contributed by atoms with van der Waals surface area (Å²) in [6.07, 6.45) is 3.67. The molecule has 0 spiro atoms.